The highest BCUT2D eigenvalue weighted by Gasteiger charge is 2.44. The smallest absolute Gasteiger partial charge is 0.00823 e. The SMILES string of the molecule is C1CCC(=C2CCC23CCCC3)C1. The lowest BCUT2D eigenvalue weighted by atomic mass is 9.61. The molecule has 0 saturated heterocycles. The molecule has 3 saturated carbocycles. The lowest BCUT2D eigenvalue weighted by Gasteiger charge is -2.43. The monoisotopic (exact) mass is 176 g/mol. The first-order valence-corrected chi connectivity index (χ1v) is 6.12. The van der Waals surface area contributed by atoms with E-state index in [1.54, 1.807) is 0 Å². The van der Waals surface area contributed by atoms with Crippen LogP contribution in [0.5, 0.6) is 0 Å². The Kier molecular flexibility index (Phi) is 1.78. The van der Waals surface area contributed by atoms with Gasteiger partial charge in [0.15, 0.2) is 0 Å². The second-order valence-electron chi connectivity index (χ2n) is 5.28. The molecule has 1 spiro atoms. The van der Waals surface area contributed by atoms with Gasteiger partial charge in [0.05, 0.1) is 0 Å². The molecule has 0 aliphatic heterocycles. The summed E-state index contributed by atoms with van der Waals surface area (Å²) < 4.78 is 0. The Labute approximate surface area is 81.4 Å². The molecule has 0 atom stereocenters. The van der Waals surface area contributed by atoms with Gasteiger partial charge >= 0.3 is 0 Å². The highest BCUT2D eigenvalue weighted by molar-refractivity contribution is 5.31. The molecule has 0 aromatic rings. The molecule has 0 aromatic heterocycles. The van der Waals surface area contributed by atoms with Crippen LogP contribution in [0.2, 0.25) is 0 Å². The minimum absolute atomic E-state index is 0.777. The van der Waals surface area contributed by atoms with Crippen LogP contribution >= 0.6 is 0 Å². The van der Waals surface area contributed by atoms with Crippen molar-refractivity contribution in [1.29, 1.82) is 0 Å². The molecule has 0 unspecified atom stereocenters. The van der Waals surface area contributed by atoms with E-state index in [1.165, 1.54) is 64.2 Å². The molecule has 3 fully saturated rings. The molecule has 0 bridgehead atoms. The van der Waals surface area contributed by atoms with Crippen LogP contribution < -0.4 is 0 Å². The number of allylic oxidation sites excluding steroid dienone is 2. The van der Waals surface area contributed by atoms with E-state index in [-0.39, 0.29) is 0 Å². The Morgan fingerprint density at radius 2 is 1.38 bits per heavy atom. The Morgan fingerprint density at radius 1 is 0.692 bits per heavy atom. The largest absolute Gasteiger partial charge is 0.0704 e. The number of hydrogen-bond acceptors (Lipinski definition) is 0. The van der Waals surface area contributed by atoms with Crippen LogP contribution in [0.25, 0.3) is 0 Å². The zero-order chi connectivity index (χ0) is 8.73. The van der Waals surface area contributed by atoms with Crippen molar-refractivity contribution in [3.8, 4) is 0 Å². The van der Waals surface area contributed by atoms with Crippen molar-refractivity contribution < 1.29 is 0 Å². The Bertz CT molecular complexity index is 233. The van der Waals surface area contributed by atoms with Crippen LogP contribution in [0.3, 0.4) is 0 Å². The fraction of sp³-hybridized carbons (Fsp3) is 0.846. The third-order valence-electron chi connectivity index (χ3n) is 4.69. The van der Waals surface area contributed by atoms with Gasteiger partial charge in [0, 0.05) is 0 Å². The summed E-state index contributed by atoms with van der Waals surface area (Å²) in [5.41, 5.74) is 4.62. The predicted octanol–water partition coefficient (Wildman–Crippen LogP) is 4.21. The molecule has 0 aromatic carbocycles. The summed E-state index contributed by atoms with van der Waals surface area (Å²) in [6.45, 7) is 0. The first kappa shape index (κ1) is 8.08. The normalized spacial score (nSPS) is 31.4. The molecule has 72 valence electrons. The van der Waals surface area contributed by atoms with E-state index in [1.807, 2.05) is 11.1 Å². The summed E-state index contributed by atoms with van der Waals surface area (Å²) in [6.07, 6.45) is 15.0. The zero-order valence-corrected chi connectivity index (χ0v) is 8.57. The van der Waals surface area contributed by atoms with Crippen LogP contribution in [0.4, 0.5) is 0 Å². The summed E-state index contributed by atoms with van der Waals surface area (Å²) in [5.74, 6) is 0. The van der Waals surface area contributed by atoms with E-state index in [0.717, 1.165) is 5.41 Å². The van der Waals surface area contributed by atoms with Crippen LogP contribution in [0.15, 0.2) is 11.1 Å². The fourth-order valence-electron chi connectivity index (χ4n) is 3.86. The predicted molar refractivity (Wildman–Crippen MR) is 55.6 cm³/mol. The van der Waals surface area contributed by atoms with Gasteiger partial charge in [-0.15, -0.1) is 0 Å². The van der Waals surface area contributed by atoms with Crippen LogP contribution in [0.1, 0.15) is 64.2 Å². The molecule has 3 aliphatic carbocycles. The van der Waals surface area contributed by atoms with E-state index >= 15 is 0 Å². The standard InChI is InChI=1S/C13H20/c1-2-6-11(5-1)12-7-10-13(12)8-3-4-9-13/h1-10H2. The van der Waals surface area contributed by atoms with E-state index in [0.29, 0.717) is 0 Å². The molecule has 0 heteroatoms. The summed E-state index contributed by atoms with van der Waals surface area (Å²) >= 11 is 0. The summed E-state index contributed by atoms with van der Waals surface area (Å²) in [4.78, 5) is 0. The van der Waals surface area contributed by atoms with Gasteiger partial charge in [0.25, 0.3) is 0 Å². The van der Waals surface area contributed by atoms with Gasteiger partial charge in [-0.1, -0.05) is 24.0 Å². The second-order valence-corrected chi connectivity index (χ2v) is 5.28. The molecule has 13 heavy (non-hydrogen) atoms. The van der Waals surface area contributed by atoms with Crippen LogP contribution in [-0.4, -0.2) is 0 Å². The van der Waals surface area contributed by atoms with Gasteiger partial charge < -0.3 is 0 Å². The minimum atomic E-state index is 0.777. The highest BCUT2D eigenvalue weighted by atomic mass is 14.5. The number of hydrogen-bond donors (Lipinski definition) is 0. The van der Waals surface area contributed by atoms with E-state index in [2.05, 4.69) is 0 Å². The first-order valence-electron chi connectivity index (χ1n) is 6.12. The first-order chi connectivity index (χ1) is 6.41. The topological polar surface area (TPSA) is 0 Å². The summed E-state index contributed by atoms with van der Waals surface area (Å²) in [5, 5.41) is 0. The lowest BCUT2D eigenvalue weighted by molar-refractivity contribution is 0.243. The van der Waals surface area contributed by atoms with Gasteiger partial charge in [-0.25, -0.2) is 0 Å². The molecule has 3 aliphatic rings. The van der Waals surface area contributed by atoms with Crippen molar-refractivity contribution in [2.75, 3.05) is 0 Å². The lowest BCUT2D eigenvalue weighted by Crippen LogP contribution is -2.30. The Morgan fingerprint density at radius 3 is 1.92 bits per heavy atom. The Balaban J connectivity index is 1.88. The highest BCUT2D eigenvalue weighted by Crippen LogP contribution is 2.59. The Hall–Kier alpha value is -0.260. The van der Waals surface area contributed by atoms with Crippen molar-refractivity contribution in [3.63, 3.8) is 0 Å². The van der Waals surface area contributed by atoms with Crippen molar-refractivity contribution >= 4 is 0 Å². The maximum absolute atomic E-state index is 1.95. The molecule has 0 heterocycles. The average molecular weight is 176 g/mol. The number of rotatable bonds is 0. The van der Waals surface area contributed by atoms with Gasteiger partial charge in [-0.05, 0) is 56.8 Å². The van der Waals surface area contributed by atoms with Crippen molar-refractivity contribution in [1.82, 2.24) is 0 Å². The van der Waals surface area contributed by atoms with Crippen LogP contribution in [-0.2, 0) is 0 Å². The van der Waals surface area contributed by atoms with Gasteiger partial charge in [-0.2, -0.15) is 0 Å². The third kappa shape index (κ3) is 1.11. The van der Waals surface area contributed by atoms with E-state index in [9.17, 15) is 0 Å². The van der Waals surface area contributed by atoms with Gasteiger partial charge in [0.2, 0.25) is 0 Å². The van der Waals surface area contributed by atoms with E-state index < -0.39 is 0 Å². The molecular formula is C13H20. The van der Waals surface area contributed by atoms with Gasteiger partial charge in [0.1, 0.15) is 0 Å². The molecule has 0 N–H and O–H groups in total. The average Bonchev–Trinajstić information content (AvgIpc) is 2.72. The van der Waals surface area contributed by atoms with Crippen LogP contribution in [0, 0.1) is 5.41 Å². The molecule has 0 radical (unpaired) electrons. The summed E-state index contributed by atoms with van der Waals surface area (Å²) in [6, 6.07) is 0. The molecule has 0 nitrogen and oxygen atoms in total. The maximum Gasteiger partial charge on any atom is -0.00823 e. The van der Waals surface area contributed by atoms with E-state index in [4.69, 9.17) is 0 Å². The van der Waals surface area contributed by atoms with Crippen molar-refractivity contribution in [2.24, 2.45) is 5.41 Å². The van der Waals surface area contributed by atoms with Crippen molar-refractivity contribution in [3.05, 3.63) is 11.1 Å². The molecule has 0 amide bonds. The molecular weight excluding hydrogens is 156 g/mol. The molecule has 3 rings (SSSR count). The van der Waals surface area contributed by atoms with Crippen molar-refractivity contribution in [2.45, 2.75) is 64.2 Å². The maximum atomic E-state index is 1.95. The fourth-order valence-corrected chi connectivity index (χ4v) is 3.86. The summed E-state index contributed by atoms with van der Waals surface area (Å²) in [7, 11) is 0. The van der Waals surface area contributed by atoms with Gasteiger partial charge in [-0.3, -0.25) is 0 Å². The third-order valence-corrected chi connectivity index (χ3v) is 4.69. The quantitative estimate of drug-likeness (QED) is 0.485. The zero-order valence-electron chi connectivity index (χ0n) is 8.57. The minimum Gasteiger partial charge on any atom is -0.0704 e. The second kappa shape index (κ2) is 2.87.